The highest BCUT2D eigenvalue weighted by atomic mass is 32.1. The molecule has 0 aliphatic carbocycles. The zero-order valence-corrected chi connectivity index (χ0v) is 15.4. The van der Waals surface area contributed by atoms with Crippen molar-refractivity contribution in [2.24, 2.45) is 5.10 Å². The first-order chi connectivity index (χ1) is 13.6. The van der Waals surface area contributed by atoms with E-state index in [9.17, 15) is 14.4 Å². The molecular formula is C20H16N4O3S. The minimum absolute atomic E-state index is 0.221. The monoisotopic (exact) mass is 392 g/mol. The van der Waals surface area contributed by atoms with Gasteiger partial charge in [-0.15, -0.1) is 11.3 Å². The number of nitrogens with zero attached hydrogens (tertiary/aromatic N) is 1. The van der Waals surface area contributed by atoms with Crippen LogP contribution in [-0.2, 0) is 9.59 Å². The number of carbonyl (C=O) groups is 3. The Labute approximate surface area is 165 Å². The second kappa shape index (κ2) is 9.24. The van der Waals surface area contributed by atoms with Crippen molar-refractivity contribution in [2.75, 3.05) is 10.6 Å². The van der Waals surface area contributed by atoms with Gasteiger partial charge in [0, 0.05) is 10.6 Å². The van der Waals surface area contributed by atoms with E-state index in [0.29, 0.717) is 5.69 Å². The summed E-state index contributed by atoms with van der Waals surface area (Å²) in [6, 6.07) is 19.0. The lowest BCUT2D eigenvalue weighted by Gasteiger charge is -2.11. The van der Waals surface area contributed by atoms with E-state index in [0.717, 1.165) is 4.88 Å². The number of nitrogens with one attached hydrogen (secondary N) is 3. The highest BCUT2D eigenvalue weighted by Crippen LogP contribution is 2.17. The van der Waals surface area contributed by atoms with E-state index in [1.165, 1.54) is 17.6 Å². The van der Waals surface area contributed by atoms with Gasteiger partial charge < -0.3 is 10.6 Å². The third-order valence-electron chi connectivity index (χ3n) is 3.56. The molecule has 3 amide bonds. The van der Waals surface area contributed by atoms with Gasteiger partial charge >= 0.3 is 11.8 Å². The Kier molecular flexibility index (Phi) is 6.27. The van der Waals surface area contributed by atoms with Crippen LogP contribution in [0.2, 0.25) is 0 Å². The number of para-hydroxylation sites is 2. The molecule has 0 fully saturated rings. The average molecular weight is 392 g/mol. The first kappa shape index (κ1) is 19.0. The fourth-order valence-electron chi connectivity index (χ4n) is 2.26. The second-order valence-electron chi connectivity index (χ2n) is 5.53. The maximum absolute atomic E-state index is 12.5. The SMILES string of the molecule is O=C(N/N=C/c1cccs1)C(=O)Nc1ccccc1C(=O)Nc1ccccc1. The molecule has 28 heavy (non-hydrogen) atoms. The fourth-order valence-corrected chi connectivity index (χ4v) is 2.84. The largest absolute Gasteiger partial charge is 0.329 e. The summed E-state index contributed by atoms with van der Waals surface area (Å²) in [7, 11) is 0. The van der Waals surface area contributed by atoms with Crippen LogP contribution in [0, 0.1) is 0 Å². The fraction of sp³-hybridized carbons (Fsp3) is 0. The van der Waals surface area contributed by atoms with Crippen LogP contribution in [0.3, 0.4) is 0 Å². The molecule has 8 heteroatoms. The van der Waals surface area contributed by atoms with Crippen LogP contribution < -0.4 is 16.1 Å². The van der Waals surface area contributed by atoms with E-state index < -0.39 is 17.7 Å². The van der Waals surface area contributed by atoms with Crippen LogP contribution in [0.5, 0.6) is 0 Å². The highest BCUT2D eigenvalue weighted by Gasteiger charge is 2.17. The van der Waals surface area contributed by atoms with E-state index >= 15 is 0 Å². The summed E-state index contributed by atoms with van der Waals surface area (Å²) >= 11 is 1.45. The lowest BCUT2D eigenvalue weighted by molar-refractivity contribution is -0.136. The van der Waals surface area contributed by atoms with Crippen LogP contribution in [0.25, 0.3) is 0 Å². The Hall–Kier alpha value is -3.78. The number of hydrazone groups is 1. The van der Waals surface area contributed by atoms with Crippen LogP contribution in [0.1, 0.15) is 15.2 Å². The quantitative estimate of drug-likeness (QED) is 0.353. The molecule has 140 valence electrons. The first-order valence-corrected chi connectivity index (χ1v) is 9.15. The molecule has 0 bridgehead atoms. The van der Waals surface area contributed by atoms with E-state index in [1.54, 1.807) is 48.5 Å². The third kappa shape index (κ3) is 5.12. The van der Waals surface area contributed by atoms with Crippen molar-refractivity contribution in [1.82, 2.24) is 5.43 Å². The van der Waals surface area contributed by atoms with Gasteiger partial charge in [-0.2, -0.15) is 5.10 Å². The molecule has 0 saturated carbocycles. The van der Waals surface area contributed by atoms with Crippen molar-refractivity contribution >= 4 is 46.6 Å². The maximum atomic E-state index is 12.5. The normalized spacial score (nSPS) is 10.4. The maximum Gasteiger partial charge on any atom is 0.329 e. The molecular weight excluding hydrogens is 376 g/mol. The van der Waals surface area contributed by atoms with Crippen LogP contribution in [0.4, 0.5) is 11.4 Å². The van der Waals surface area contributed by atoms with Crippen LogP contribution in [0.15, 0.2) is 77.2 Å². The van der Waals surface area contributed by atoms with Gasteiger partial charge in [-0.25, -0.2) is 5.43 Å². The molecule has 3 rings (SSSR count). The van der Waals surface area contributed by atoms with Crippen molar-refractivity contribution < 1.29 is 14.4 Å². The molecule has 3 N–H and O–H groups in total. The Morgan fingerprint density at radius 1 is 0.821 bits per heavy atom. The molecule has 0 saturated heterocycles. The van der Waals surface area contributed by atoms with Gasteiger partial charge in [0.05, 0.1) is 17.5 Å². The smallest absolute Gasteiger partial charge is 0.322 e. The Morgan fingerprint density at radius 2 is 1.57 bits per heavy atom. The number of hydrogen-bond donors (Lipinski definition) is 3. The summed E-state index contributed by atoms with van der Waals surface area (Å²) in [6.07, 6.45) is 1.44. The summed E-state index contributed by atoms with van der Waals surface area (Å²) in [4.78, 5) is 37.4. The summed E-state index contributed by atoms with van der Waals surface area (Å²) in [5.41, 5.74) is 3.23. The number of benzene rings is 2. The zero-order valence-electron chi connectivity index (χ0n) is 14.6. The van der Waals surface area contributed by atoms with Gasteiger partial charge in [-0.3, -0.25) is 14.4 Å². The molecule has 0 radical (unpaired) electrons. The standard InChI is InChI=1S/C20H16N4O3S/c25-18(22-14-7-2-1-3-8-14)16-10-4-5-11-17(16)23-19(26)20(27)24-21-13-15-9-6-12-28-15/h1-13H,(H,22,25)(H,23,26)(H,24,27)/b21-13+. The van der Waals surface area contributed by atoms with Gasteiger partial charge in [0.15, 0.2) is 0 Å². The van der Waals surface area contributed by atoms with E-state index in [1.807, 2.05) is 23.6 Å². The highest BCUT2D eigenvalue weighted by molar-refractivity contribution is 7.11. The predicted molar refractivity (Wildman–Crippen MR) is 110 cm³/mol. The first-order valence-electron chi connectivity index (χ1n) is 8.27. The molecule has 7 nitrogen and oxygen atoms in total. The molecule has 1 heterocycles. The van der Waals surface area contributed by atoms with Crippen molar-refractivity contribution in [2.45, 2.75) is 0 Å². The topological polar surface area (TPSA) is 99.7 Å². The Morgan fingerprint density at radius 3 is 2.32 bits per heavy atom. The van der Waals surface area contributed by atoms with Gasteiger partial charge in [-0.05, 0) is 35.7 Å². The molecule has 0 atom stereocenters. The lowest BCUT2D eigenvalue weighted by Crippen LogP contribution is -2.33. The number of rotatable bonds is 5. The number of hydrogen-bond acceptors (Lipinski definition) is 5. The number of amides is 3. The van der Waals surface area contributed by atoms with Gasteiger partial charge in [0.1, 0.15) is 0 Å². The molecule has 2 aromatic carbocycles. The van der Waals surface area contributed by atoms with Gasteiger partial charge in [0.25, 0.3) is 5.91 Å². The van der Waals surface area contributed by atoms with Crippen molar-refractivity contribution in [3.05, 3.63) is 82.6 Å². The lowest BCUT2D eigenvalue weighted by atomic mass is 10.1. The number of carbonyl (C=O) groups excluding carboxylic acids is 3. The van der Waals surface area contributed by atoms with Crippen molar-refractivity contribution in [1.29, 1.82) is 0 Å². The van der Waals surface area contributed by atoms with E-state index in [-0.39, 0.29) is 11.3 Å². The third-order valence-corrected chi connectivity index (χ3v) is 4.37. The van der Waals surface area contributed by atoms with Gasteiger partial charge in [-0.1, -0.05) is 36.4 Å². The Bertz CT molecular complexity index is 1000. The van der Waals surface area contributed by atoms with Crippen LogP contribution in [-0.4, -0.2) is 23.9 Å². The second-order valence-corrected chi connectivity index (χ2v) is 6.51. The summed E-state index contributed by atoms with van der Waals surface area (Å²) < 4.78 is 0. The molecule has 0 spiro atoms. The van der Waals surface area contributed by atoms with Crippen molar-refractivity contribution in [3.63, 3.8) is 0 Å². The molecule has 0 aliphatic rings. The molecule has 3 aromatic rings. The summed E-state index contributed by atoms with van der Waals surface area (Å²) in [5.74, 6) is -2.27. The average Bonchev–Trinajstić information content (AvgIpc) is 3.22. The van der Waals surface area contributed by atoms with Crippen molar-refractivity contribution in [3.8, 4) is 0 Å². The minimum atomic E-state index is -0.939. The summed E-state index contributed by atoms with van der Waals surface area (Å²) in [6.45, 7) is 0. The minimum Gasteiger partial charge on any atom is -0.322 e. The molecule has 0 aliphatic heterocycles. The van der Waals surface area contributed by atoms with E-state index in [4.69, 9.17) is 0 Å². The summed E-state index contributed by atoms with van der Waals surface area (Å²) in [5, 5.41) is 10.8. The zero-order chi connectivity index (χ0) is 19.8. The number of thiophene rings is 1. The molecule has 0 unspecified atom stereocenters. The predicted octanol–water partition coefficient (Wildman–Crippen LogP) is 3.09. The Balaban J connectivity index is 1.64. The van der Waals surface area contributed by atoms with E-state index in [2.05, 4.69) is 21.2 Å². The molecule has 1 aromatic heterocycles. The van der Waals surface area contributed by atoms with Crippen LogP contribution >= 0.6 is 11.3 Å². The van der Waals surface area contributed by atoms with Gasteiger partial charge in [0.2, 0.25) is 0 Å². The number of anilines is 2.